The molecular formula is C9H11N3O4. The van der Waals surface area contributed by atoms with Crippen molar-refractivity contribution in [1.82, 2.24) is 4.98 Å². The van der Waals surface area contributed by atoms with Crippen LogP contribution in [0.3, 0.4) is 0 Å². The van der Waals surface area contributed by atoms with E-state index in [4.69, 9.17) is 5.11 Å². The lowest BCUT2D eigenvalue weighted by molar-refractivity contribution is -0.384. The largest absolute Gasteiger partial charge is 0.481 e. The highest BCUT2D eigenvalue weighted by atomic mass is 16.6. The molecule has 0 radical (unpaired) electrons. The molecule has 2 N–H and O–H groups in total. The van der Waals surface area contributed by atoms with Crippen molar-refractivity contribution in [1.29, 1.82) is 0 Å². The fourth-order valence-electron chi connectivity index (χ4n) is 1.14. The maximum absolute atomic E-state index is 10.6. The highest BCUT2D eigenvalue weighted by Gasteiger charge is 2.12. The van der Waals surface area contributed by atoms with Gasteiger partial charge in [0, 0.05) is 19.2 Å². The highest BCUT2D eigenvalue weighted by Crippen LogP contribution is 2.21. The van der Waals surface area contributed by atoms with E-state index < -0.39 is 10.9 Å². The van der Waals surface area contributed by atoms with E-state index in [-0.39, 0.29) is 12.1 Å². The smallest absolute Gasteiger partial charge is 0.310 e. The van der Waals surface area contributed by atoms with E-state index in [2.05, 4.69) is 10.3 Å². The predicted molar refractivity (Wildman–Crippen MR) is 56.3 cm³/mol. The van der Waals surface area contributed by atoms with Crippen molar-refractivity contribution in [2.45, 2.75) is 12.8 Å². The molecule has 1 rings (SSSR count). The van der Waals surface area contributed by atoms with E-state index in [1.807, 2.05) is 0 Å². The van der Waals surface area contributed by atoms with Gasteiger partial charge >= 0.3 is 11.7 Å². The van der Waals surface area contributed by atoms with Crippen LogP contribution in [0.5, 0.6) is 0 Å². The Kier molecular flexibility index (Phi) is 4.19. The van der Waals surface area contributed by atoms with Gasteiger partial charge in [0.25, 0.3) is 0 Å². The number of nitro groups is 1. The number of hydrogen-bond acceptors (Lipinski definition) is 5. The molecule has 0 aliphatic carbocycles. The number of carboxylic acids is 1. The molecular weight excluding hydrogens is 214 g/mol. The first-order valence-electron chi connectivity index (χ1n) is 4.65. The number of aliphatic carboxylic acids is 1. The average Bonchev–Trinajstić information content (AvgIpc) is 2.24. The molecule has 0 atom stereocenters. The van der Waals surface area contributed by atoms with E-state index >= 15 is 0 Å². The molecule has 7 heteroatoms. The summed E-state index contributed by atoms with van der Waals surface area (Å²) in [5.74, 6) is -0.883. The van der Waals surface area contributed by atoms with E-state index in [9.17, 15) is 14.9 Å². The lowest BCUT2D eigenvalue weighted by Gasteiger charge is -2.04. The molecule has 0 bridgehead atoms. The Balaban J connectivity index is 2.53. The number of rotatable bonds is 6. The normalized spacial score (nSPS) is 9.75. The molecule has 16 heavy (non-hydrogen) atoms. The van der Waals surface area contributed by atoms with Crippen LogP contribution in [0.25, 0.3) is 0 Å². The monoisotopic (exact) mass is 225 g/mol. The molecule has 1 aromatic heterocycles. The van der Waals surface area contributed by atoms with Crippen LogP contribution in [-0.2, 0) is 4.79 Å². The Morgan fingerprint density at radius 1 is 1.62 bits per heavy atom. The summed E-state index contributed by atoms with van der Waals surface area (Å²) < 4.78 is 0. The molecule has 0 aromatic carbocycles. The van der Waals surface area contributed by atoms with E-state index in [0.29, 0.717) is 18.7 Å². The van der Waals surface area contributed by atoms with Crippen LogP contribution in [0, 0.1) is 10.1 Å². The number of nitrogens with one attached hydrogen (secondary N) is 1. The SMILES string of the molecule is O=C(O)CCCNc1ccncc1[N+](=O)[O-]. The van der Waals surface area contributed by atoms with Gasteiger partial charge in [-0.3, -0.25) is 19.9 Å². The van der Waals surface area contributed by atoms with Crippen molar-refractivity contribution in [3.8, 4) is 0 Å². The van der Waals surface area contributed by atoms with E-state index in [1.54, 1.807) is 0 Å². The number of nitrogens with zero attached hydrogens (tertiary/aromatic N) is 2. The number of hydrogen-bond donors (Lipinski definition) is 2. The number of pyridine rings is 1. The fraction of sp³-hybridized carbons (Fsp3) is 0.333. The fourth-order valence-corrected chi connectivity index (χ4v) is 1.14. The van der Waals surface area contributed by atoms with Crippen molar-refractivity contribution >= 4 is 17.3 Å². The van der Waals surface area contributed by atoms with Crippen LogP contribution in [0.2, 0.25) is 0 Å². The zero-order valence-electron chi connectivity index (χ0n) is 8.42. The Morgan fingerprint density at radius 3 is 3.00 bits per heavy atom. The summed E-state index contributed by atoms with van der Waals surface area (Å²) in [6.45, 7) is 0.372. The summed E-state index contributed by atoms with van der Waals surface area (Å²) in [5, 5.41) is 21.8. The predicted octanol–water partition coefficient (Wildman–Crippen LogP) is 1.27. The Morgan fingerprint density at radius 2 is 2.38 bits per heavy atom. The van der Waals surface area contributed by atoms with Gasteiger partial charge in [0.15, 0.2) is 0 Å². The molecule has 0 aliphatic heterocycles. The molecule has 0 amide bonds. The van der Waals surface area contributed by atoms with E-state index in [1.165, 1.54) is 12.3 Å². The summed E-state index contributed by atoms with van der Waals surface area (Å²) >= 11 is 0. The van der Waals surface area contributed by atoms with Gasteiger partial charge in [-0.1, -0.05) is 0 Å². The molecule has 0 spiro atoms. The second kappa shape index (κ2) is 5.64. The number of carbonyl (C=O) groups is 1. The summed E-state index contributed by atoms with van der Waals surface area (Å²) in [4.78, 5) is 23.9. The minimum absolute atomic E-state index is 0.0336. The number of carboxylic acid groups (broad SMARTS) is 1. The molecule has 7 nitrogen and oxygen atoms in total. The summed E-state index contributed by atoms with van der Waals surface area (Å²) in [6, 6.07) is 1.49. The van der Waals surface area contributed by atoms with Crippen LogP contribution >= 0.6 is 0 Å². The first kappa shape index (κ1) is 11.9. The second-order valence-electron chi connectivity index (χ2n) is 3.07. The van der Waals surface area contributed by atoms with Gasteiger partial charge in [-0.2, -0.15) is 0 Å². The van der Waals surface area contributed by atoms with Crippen molar-refractivity contribution in [2.24, 2.45) is 0 Å². The third kappa shape index (κ3) is 3.52. The lowest BCUT2D eigenvalue weighted by atomic mass is 10.3. The zero-order valence-corrected chi connectivity index (χ0v) is 8.42. The van der Waals surface area contributed by atoms with Crippen LogP contribution in [0.4, 0.5) is 11.4 Å². The van der Waals surface area contributed by atoms with Gasteiger partial charge in [0.2, 0.25) is 0 Å². The quantitative estimate of drug-likeness (QED) is 0.429. The third-order valence-electron chi connectivity index (χ3n) is 1.88. The van der Waals surface area contributed by atoms with Gasteiger partial charge in [-0.05, 0) is 12.5 Å². The van der Waals surface area contributed by atoms with Crippen molar-refractivity contribution in [3.63, 3.8) is 0 Å². The van der Waals surface area contributed by atoms with E-state index in [0.717, 1.165) is 6.20 Å². The van der Waals surface area contributed by atoms with Gasteiger partial charge in [-0.15, -0.1) is 0 Å². The summed E-state index contributed by atoms with van der Waals surface area (Å²) in [6.07, 6.45) is 3.03. The topological polar surface area (TPSA) is 105 Å². The van der Waals surface area contributed by atoms with Gasteiger partial charge < -0.3 is 10.4 Å². The molecule has 1 heterocycles. The van der Waals surface area contributed by atoms with Gasteiger partial charge in [-0.25, -0.2) is 0 Å². The average molecular weight is 225 g/mol. The lowest BCUT2D eigenvalue weighted by Crippen LogP contribution is -2.06. The Hall–Kier alpha value is -2.18. The molecule has 0 aliphatic rings. The molecule has 0 saturated heterocycles. The van der Waals surface area contributed by atoms with Crippen molar-refractivity contribution < 1.29 is 14.8 Å². The second-order valence-corrected chi connectivity index (χ2v) is 3.07. The van der Waals surface area contributed by atoms with Crippen LogP contribution < -0.4 is 5.32 Å². The number of anilines is 1. The first-order valence-corrected chi connectivity index (χ1v) is 4.65. The van der Waals surface area contributed by atoms with Crippen LogP contribution in [0.15, 0.2) is 18.5 Å². The summed E-state index contributed by atoms with van der Waals surface area (Å²) in [5.41, 5.74) is 0.239. The minimum atomic E-state index is -0.883. The van der Waals surface area contributed by atoms with Crippen LogP contribution in [0.1, 0.15) is 12.8 Å². The third-order valence-corrected chi connectivity index (χ3v) is 1.88. The molecule has 0 saturated carbocycles. The van der Waals surface area contributed by atoms with Crippen molar-refractivity contribution in [2.75, 3.05) is 11.9 Å². The maximum atomic E-state index is 10.6. The molecule has 1 aromatic rings. The molecule has 0 unspecified atom stereocenters. The maximum Gasteiger partial charge on any atom is 0.310 e. The summed E-state index contributed by atoms with van der Waals surface area (Å²) in [7, 11) is 0. The molecule has 86 valence electrons. The van der Waals surface area contributed by atoms with Crippen LogP contribution in [-0.4, -0.2) is 27.5 Å². The molecule has 0 fully saturated rings. The Bertz CT molecular complexity index is 394. The van der Waals surface area contributed by atoms with Gasteiger partial charge in [0.05, 0.1) is 4.92 Å². The zero-order chi connectivity index (χ0) is 12.0. The highest BCUT2D eigenvalue weighted by molar-refractivity contribution is 5.66. The number of aromatic nitrogens is 1. The minimum Gasteiger partial charge on any atom is -0.481 e. The van der Waals surface area contributed by atoms with Crippen molar-refractivity contribution in [3.05, 3.63) is 28.6 Å². The standard InChI is InChI=1S/C9H11N3O4/c13-9(14)2-1-4-11-7-3-5-10-6-8(7)12(15)16/h3,5-6H,1-2,4H2,(H,10,11)(H,13,14). The Labute approximate surface area is 91.3 Å². The van der Waals surface area contributed by atoms with Gasteiger partial charge in [0.1, 0.15) is 11.9 Å². The first-order chi connectivity index (χ1) is 7.61.